The summed E-state index contributed by atoms with van der Waals surface area (Å²) >= 11 is 4.80. The fourth-order valence-electron chi connectivity index (χ4n) is 2.09. The summed E-state index contributed by atoms with van der Waals surface area (Å²) in [5, 5.41) is 12.5. The summed E-state index contributed by atoms with van der Waals surface area (Å²) in [6.07, 6.45) is 1.41. The molecule has 1 aromatic heterocycles. The van der Waals surface area contributed by atoms with Gasteiger partial charge in [-0.15, -0.1) is 10.2 Å². The summed E-state index contributed by atoms with van der Waals surface area (Å²) in [4.78, 5) is 12.2. The van der Waals surface area contributed by atoms with Gasteiger partial charge in [0.15, 0.2) is 6.10 Å². The molecule has 1 aromatic carbocycles. The minimum absolute atomic E-state index is 0.239. The molecule has 0 saturated heterocycles. The number of nitrogens with one attached hydrogen (secondary N) is 1. The standard InChI is InChI=1S/C16H20BrN3O2S/c1-4-11(5-2)15-19-20-16(23-15)18-14(21)10(3)22-13-8-6-7-12(17)9-13/h6-11H,4-5H2,1-3H3,(H,18,20,21). The number of halogens is 1. The van der Waals surface area contributed by atoms with Crippen molar-refractivity contribution in [3.8, 4) is 5.75 Å². The molecule has 23 heavy (non-hydrogen) atoms. The molecule has 1 heterocycles. The molecule has 0 spiro atoms. The van der Waals surface area contributed by atoms with Gasteiger partial charge in [0.2, 0.25) is 5.13 Å². The fourth-order valence-corrected chi connectivity index (χ4v) is 3.48. The van der Waals surface area contributed by atoms with Crippen LogP contribution in [0, 0.1) is 0 Å². The summed E-state index contributed by atoms with van der Waals surface area (Å²) in [5.74, 6) is 0.794. The smallest absolute Gasteiger partial charge is 0.266 e. The molecule has 0 radical (unpaired) electrons. The molecule has 1 atom stereocenters. The Morgan fingerprint density at radius 2 is 2.09 bits per heavy atom. The minimum atomic E-state index is -0.621. The van der Waals surface area contributed by atoms with E-state index in [-0.39, 0.29) is 5.91 Å². The second-order valence-electron chi connectivity index (χ2n) is 5.17. The van der Waals surface area contributed by atoms with Crippen molar-refractivity contribution in [2.24, 2.45) is 0 Å². The van der Waals surface area contributed by atoms with Gasteiger partial charge >= 0.3 is 0 Å². The summed E-state index contributed by atoms with van der Waals surface area (Å²) in [7, 11) is 0. The SMILES string of the molecule is CCC(CC)c1nnc(NC(=O)C(C)Oc2cccc(Br)c2)s1. The van der Waals surface area contributed by atoms with Gasteiger partial charge in [-0.1, -0.05) is 47.2 Å². The molecule has 1 unspecified atom stereocenters. The Morgan fingerprint density at radius 1 is 1.35 bits per heavy atom. The molecule has 0 aliphatic rings. The summed E-state index contributed by atoms with van der Waals surface area (Å²) in [6.45, 7) is 5.96. The van der Waals surface area contributed by atoms with E-state index in [1.807, 2.05) is 24.3 Å². The predicted octanol–water partition coefficient (Wildman–Crippen LogP) is 4.61. The summed E-state index contributed by atoms with van der Waals surface area (Å²) < 4.78 is 6.54. The first-order valence-corrected chi connectivity index (χ1v) is 9.20. The van der Waals surface area contributed by atoms with Gasteiger partial charge < -0.3 is 4.74 Å². The van der Waals surface area contributed by atoms with Crippen molar-refractivity contribution in [1.29, 1.82) is 0 Å². The largest absolute Gasteiger partial charge is 0.481 e. The Balaban J connectivity index is 1.96. The van der Waals surface area contributed by atoms with E-state index in [2.05, 4.69) is 45.3 Å². The molecule has 0 saturated carbocycles. The van der Waals surface area contributed by atoms with Crippen molar-refractivity contribution in [1.82, 2.24) is 10.2 Å². The maximum Gasteiger partial charge on any atom is 0.266 e. The van der Waals surface area contributed by atoms with Gasteiger partial charge in [-0.25, -0.2) is 0 Å². The first-order valence-electron chi connectivity index (χ1n) is 7.60. The number of benzene rings is 1. The van der Waals surface area contributed by atoms with E-state index in [0.29, 0.717) is 16.8 Å². The highest BCUT2D eigenvalue weighted by atomic mass is 79.9. The van der Waals surface area contributed by atoms with Gasteiger partial charge in [-0.3, -0.25) is 10.1 Å². The third-order valence-corrected chi connectivity index (χ3v) is 4.98. The molecule has 2 aromatic rings. The van der Waals surface area contributed by atoms with Gasteiger partial charge in [0.05, 0.1) is 0 Å². The highest BCUT2D eigenvalue weighted by Gasteiger charge is 2.19. The van der Waals surface area contributed by atoms with Crippen LogP contribution in [0.3, 0.4) is 0 Å². The predicted molar refractivity (Wildman–Crippen MR) is 96.1 cm³/mol. The lowest BCUT2D eigenvalue weighted by Gasteiger charge is -2.13. The number of carbonyl (C=O) groups excluding carboxylic acids is 1. The number of hydrogen-bond donors (Lipinski definition) is 1. The maximum absolute atomic E-state index is 12.2. The molecule has 1 amide bonds. The van der Waals surface area contributed by atoms with Crippen LogP contribution < -0.4 is 10.1 Å². The average Bonchev–Trinajstić information content (AvgIpc) is 2.97. The van der Waals surface area contributed by atoms with Gasteiger partial charge in [-0.05, 0) is 38.0 Å². The highest BCUT2D eigenvalue weighted by molar-refractivity contribution is 9.10. The number of aromatic nitrogens is 2. The normalized spacial score (nSPS) is 12.2. The first kappa shape index (κ1) is 17.9. The molecule has 0 fully saturated rings. The summed E-state index contributed by atoms with van der Waals surface area (Å²) in [5.41, 5.74) is 0. The van der Waals surface area contributed by atoms with Gasteiger partial charge in [0, 0.05) is 10.4 Å². The number of nitrogens with zero attached hydrogens (tertiary/aromatic N) is 2. The Kier molecular flexibility index (Phi) is 6.53. The van der Waals surface area contributed by atoms with E-state index in [4.69, 9.17) is 4.74 Å². The molecular weight excluding hydrogens is 378 g/mol. The first-order chi connectivity index (χ1) is 11.0. The molecule has 124 valence electrons. The Labute approximate surface area is 148 Å². The van der Waals surface area contributed by atoms with Crippen molar-refractivity contribution in [3.05, 3.63) is 33.7 Å². The van der Waals surface area contributed by atoms with Crippen LogP contribution in [0.4, 0.5) is 5.13 Å². The van der Waals surface area contributed by atoms with E-state index < -0.39 is 6.10 Å². The van der Waals surface area contributed by atoms with E-state index >= 15 is 0 Å². The zero-order valence-corrected chi connectivity index (χ0v) is 15.8. The molecule has 5 nitrogen and oxygen atoms in total. The van der Waals surface area contributed by atoms with Crippen molar-refractivity contribution in [2.75, 3.05) is 5.32 Å². The van der Waals surface area contributed by atoms with Crippen LogP contribution >= 0.6 is 27.3 Å². The van der Waals surface area contributed by atoms with Crippen LogP contribution in [0.1, 0.15) is 44.5 Å². The second kappa shape index (κ2) is 8.40. The molecule has 7 heteroatoms. The quantitative estimate of drug-likeness (QED) is 0.740. The molecule has 0 aliphatic carbocycles. The monoisotopic (exact) mass is 397 g/mol. The second-order valence-corrected chi connectivity index (χ2v) is 7.09. The lowest BCUT2D eigenvalue weighted by Crippen LogP contribution is -2.30. The van der Waals surface area contributed by atoms with Crippen molar-refractivity contribution < 1.29 is 9.53 Å². The van der Waals surface area contributed by atoms with Crippen LogP contribution in [-0.4, -0.2) is 22.2 Å². The number of amides is 1. The third-order valence-electron chi connectivity index (χ3n) is 3.48. The highest BCUT2D eigenvalue weighted by Crippen LogP contribution is 2.28. The number of anilines is 1. The van der Waals surface area contributed by atoms with Crippen LogP contribution in [0.5, 0.6) is 5.75 Å². The molecule has 2 rings (SSSR count). The maximum atomic E-state index is 12.2. The number of rotatable bonds is 7. The van der Waals surface area contributed by atoms with Gasteiger partial charge in [0.25, 0.3) is 5.91 Å². The zero-order chi connectivity index (χ0) is 16.8. The average molecular weight is 398 g/mol. The van der Waals surface area contributed by atoms with Crippen LogP contribution in [0.2, 0.25) is 0 Å². The van der Waals surface area contributed by atoms with Crippen molar-refractivity contribution >= 4 is 38.3 Å². The number of ether oxygens (including phenoxy) is 1. The minimum Gasteiger partial charge on any atom is -0.481 e. The third kappa shape index (κ3) is 5.00. The van der Waals surface area contributed by atoms with Crippen LogP contribution in [0.15, 0.2) is 28.7 Å². The van der Waals surface area contributed by atoms with E-state index in [1.165, 1.54) is 11.3 Å². The van der Waals surface area contributed by atoms with E-state index in [1.54, 1.807) is 6.92 Å². The van der Waals surface area contributed by atoms with Crippen molar-refractivity contribution in [2.45, 2.75) is 45.6 Å². The number of hydrogen-bond acceptors (Lipinski definition) is 5. The number of carbonyl (C=O) groups is 1. The zero-order valence-electron chi connectivity index (χ0n) is 13.4. The molecule has 1 N–H and O–H groups in total. The Bertz CT molecular complexity index is 658. The van der Waals surface area contributed by atoms with E-state index in [0.717, 1.165) is 22.3 Å². The lowest BCUT2D eigenvalue weighted by molar-refractivity contribution is -0.122. The van der Waals surface area contributed by atoms with Crippen LogP contribution in [-0.2, 0) is 4.79 Å². The Morgan fingerprint density at radius 3 is 2.74 bits per heavy atom. The van der Waals surface area contributed by atoms with Gasteiger partial charge in [0.1, 0.15) is 10.8 Å². The van der Waals surface area contributed by atoms with Gasteiger partial charge in [-0.2, -0.15) is 0 Å². The van der Waals surface area contributed by atoms with Crippen molar-refractivity contribution in [3.63, 3.8) is 0 Å². The fraction of sp³-hybridized carbons (Fsp3) is 0.438. The van der Waals surface area contributed by atoms with Crippen LogP contribution in [0.25, 0.3) is 0 Å². The molecular formula is C16H20BrN3O2S. The summed E-state index contributed by atoms with van der Waals surface area (Å²) in [6, 6.07) is 7.39. The Hall–Kier alpha value is -1.47. The molecule has 0 aliphatic heterocycles. The lowest BCUT2D eigenvalue weighted by atomic mass is 10.1. The topological polar surface area (TPSA) is 64.1 Å². The molecule has 0 bridgehead atoms. The van der Waals surface area contributed by atoms with E-state index in [9.17, 15) is 4.79 Å².